The fourth-order valence-corrected chi connectivity index (χ4v) is 1.35. The van der Waals surface area contributed by atoms with Crippen LogP contribution in [0.15, 0.2) is 0 Å². The van der Waals surface area contributed by atoms with Crippen LogP contribution in [0.25, 0.3) is 0 Å². The van der Waals surface area contributed by atoms with Gasteiger partial charge in [0.1, 0.15) is 0 Å². The van der Waals surface area contributed by atoms with Gasteiger partial charge in [0, 0.05) is 5.92 Å². The first kappa shape index (κ1) is 6.99. The third-order valence-corrected chi connectivity index (χ3v) is 1.96. The Morgan fingerprint density at radius 1 is 1.22 bits per heavy atom. The molecular formula is C6H13NO2. The summed E-state index contributed by atoms with van der Waals surface area (Å²) in [6.07, 6.45) is 3.85. The summed E-state index contributed by atoms with van der Waals surface area (Å²) in [6, 6.07) is 0. The largest absolute Gasteiger partial charge is 0.353 e. The van der Waals surface area contributed by atoms with E-state index in [-0.39, 0.29) is 5.92 Å². The molecule has 1 rings (SSSR count). The molecule has 4 N–H and O–H groups in total. The van der Waals surface area contributed by atoms with Gasteiger partial charge < -0.3 is 10.2 Å². The van der Waals surface area contributed by atoms with Gasteiger partial charge in [-0.05, 0) is 12.8 Å². The fourth-order valence-electron chi connectivity index (χ4n) is 1.35. The molecule has 1 aliphatic carbocycles. The van der Waals surface area contributed by atoms with E-state index in [4.69, 9.17) is 15.9 Å². The minimum absolute atomic E-state index is 0.0995. The first-order chi connectivity index (χ1) is 4.11. The zero-order valence-corrected chi connectivity index (χ0v) is 5.38. The van der Waals surface area contributed by atoms with Crippen molar-refractivity contribution in [2.45, 2.75) is 31.6 Å². The van der Waals surface area contributed by atoms with E-state index >= 15 is 0 Å². The molecule has 0 spiro atoms. The number of hydrogen-bond acceptors (Lipinski definition) is 3. The summed E-state index contributed by atoms with van der Waals surface area (Å²) in [5.74, 6) is -2.02. The normalized spacial score (nSPS) is 23.0. The molecule has 1 fully saturated rings. The first-order valence-corrected chi connectivity index (χ1v) is 3.34. The van der Waals surface area contributed by atoms with Crippen LogP contribution in [-0.2, 0) is 0 Å². The predicted octanol–water partition coefficient (Wildman–Crippen LogP) is -0.226. The molecule has 54 valence electrons. The van der Waals surface area contributed by atoms with Crippen molar-refractivity contribution in [3.05, 3.63) is 0 Å². The summed E-state index contributed by atoms with van der Waals surface area (Å²) in [6.45, 7) is 0. The lowest BCUT2D eigenvalue weighted by molar-refractivity contribution is -0.193. The Kier molecular flexibility index (Phi) is 1.75. The smallest absolute Gasteiger partial charge is 0.222 e. The lowest BCUT2D eigenvalue weighted by Gasteiger charge is -2.22. The second-order valence-electron chi connectivity index (χ2n) is 2.76. The average molecular weight is 131 g/mol. The minimum atomic E-state index is -1.92. The van der Waals surface area contributed by atoms with E-state index in [1.165, 1.54) is 0 Å². The highest BCUT2D eigenvalue weighted by Crippen LogP contribution is 2.29. The lowest BCUT2D eigenvalue weighted by Crippen LogP contribution is -2.45. The fraction of sp³-hybridized carbons (Fsp3) is 1.00. The predicted molar refractivity (Wildman–Crippen MR) is 33.3 cm³/mol. The van der Waals surface area contributed by atoms with Crippen molar-refractivity contribution in [1.29, 1.82) is 0 Å². The molecule has 0 unspecified atom stereocenters. The monoisotopic (exact) mass is 131 g/mol. The van der Waals surface area contributed by atoms with Crippen LogP contribution in [-0.4, -0.2) is 16.1 Å². The molecule has 0 amide bonds. The summed E-state index contributed by atoms with van der Waals surface area (Å²) >= 11 is 0. The van der Waals surface area contributed by atoms with Crippen LogP contribution in [0.5, 0.6) is 0 Å². The van der Waals surface area contributed by atoms with Crippen molar-refractivity contribution >= 4 is 0 Å². The van der Waals surface area contributed by atoms with Crippen LogP contribution in [0.1, 0.15) is 25.7 Å². The molecule has 3 heteroatoms. The molecule has 0 aliphatic heterocycles. The van der Waals surface area contributed by atoms with Gasteiger partial charge >= 0.3 is 0 Å². The highest BCUT2D eigenvalue weighted by Gasteiger charge is 2.32. The van der Waals surface area contributed by atoms with Gasteiger partial charge in [-0.1, -0.05) is 12.8 Å². The summed E-state index contributed by atoms with van der Waals surface area (Å²) in [5, 5.41) is 17.7. The highest BCUT2D eigenvalue weighted by atomic mass is 16.5. The van der Waals surface area contributed by atoms with Gasteiger partial charge in [0.25, 0.3) is 0 Å². The van der Waals surface area contributed by atoms with Gasteiger partial charge in [0.05, 0.1) is 0 Å². The minimum Gasteiger partial charge on any atom is -0.353 e. The molecule has 0 heterocycles. The van der Waals surface area contributed by atoms with Gasteiger partial charge in [-0.15, -0.1) is 0 Å². The number of hydrogen-bond donors (Lipinski definition) is 3. The molecule has 0 aromatic carbocycles. The Hall–Kier alpha value is -0.120. The van der Waals surface area contributed by atoms with Crippen molar-refractivity contribution in [2.24, 2.45) is 11.7 Å². The Balaban J connectivity index is 2.42. The maximum atomic E-state index is 8.85. The van der Waals surface area contributed by atoms with Crippen molar-refractivity contribution in [3.63, 3.8) is 0 Å². The SMILES string of the molecule is NC(O)(O)C1CCCC1. The standard InChI is InChI=1S/C6H13NO2/c7-6(8,9)5-3-1-2-4-5/h5,8-9H,1-4,7H2. The number of nitrogens with two attached hydrogens (primary N) is 1. The molecule has 3 nitrogen and oxygen atoms in total. The van der Waals surface area contributed by atoms with Gasteiger partial charge in [0.15, 0.2) is 0 Å². The van der Waals surface area contributed by atoms with E-state index in [0.29, 0.717) is 0 Å². The third-order valence-electron chi connectivity index (χ3n) is 1.96. The molecule has 0 aromatic rings. The highest BCUT2D eigenvalue weighted by molar-refractivity contribution is 4.75. The van der Waals surface area contributed by atoms with Crippen molar-refractivity contribution in [2.75, 3.05) is 0 Å². The first-order valence-electron chi connectivity index (χ1n) is 3.34. The Labute approximate surface area is 54.5 Å². The van der Waals surface area contributed by atoms with Crippen LogP contribution in [0, 0.1) is 5.92 Å². The zero-order valence-electron chi connectivity index (χ0n) is 5.38. The van der Waals surface area contributed by atoms with Crippen LogP contribution in [0.3, 0.4) is 0 Å². The van der Waals surface area contributed by atoms with Crippen LogP contribution < -0.4 is 5.73 Å². The molecule has 0 aromatic heterocycles. The van der Waals surface area contributed by atoms with Gasteiger partial charge in [-0.2, -0.15) is 0 Å². The average Bonchev–Trinajstić information content (AvgIpc) is 2.08. The van der Waals surface area contributed by atoms with E-state index in [9.17, 15) is 0 Å². The number of rotatable bonds is 1. The summed E-state index contributed by atoms with van der Waals surface area (Å²) in [4.78, 5) is 0. The molecule has 9 heavy (non-hydrogen) atoms. The van der Waals surface area contributed by atoms with Gasteiger partial charge in [-0.3, -0.25) is 5.73 Å². The Morgan fingerprint density at radius 3 is 1.89 bits per heavy atom. The molecule has 1 saturated carbocycles. The lowest BCUT2D eigenvalue weighted by atomic mass is 10.1. The van der Waals surface area contributed by atoms with Gasteiger partial charge in [-0.25, -0.2) is 0 Å². The van der Waals surface area contributed by atoms with E-state index < -0.39 is 5.91 Å². The molecular weight excluding hydrogens is 118 g/mol. The Bertz CT molecular complexity index is 91.7. The Morgan fingerprint density at radius 2 is 1.67 bits per heavy atom. The summed E-state index contributed by atoms with van der Waals surface area (Å²) in [5.41, 5.74) is 5.05. The zero-order chi connectivity index (χ0) is 6.91. The second kappa shape index (κ2) is 2.25. The van der Waals surface area contributed by atoms with E-state index in [0.717, 1.165) is 25.7 Å². The van der Waals surface area contributed by atoms with Crippen LogP contribution in [0.4, 0.5) is 0 Å². The summed E-state index contributed by atoms with van der Waals surface area (Å²) < 4.78 is 0. The summed E-state index contributed by atoms with van der Waals surface area (Å²) in [7, 11) is 0. The maximum absolute atomic E-state index is 8.85. The van der Waals surface area contributed by atoms with Crippen molar-refractivity contribution in [1.82, 2.24) is 0 Å². The molecule has 0 atom stereocenters. The van der Waals surface area contributed by atoms with Crippen molar-refractivity contribution < 1.29 is 10.2 Å². The maximum Gasteiger partial charge on any atom is 0.222 e. The second-order valence-corrected chi connectivity index (χ2v) is 2.76. The third kappa shape index (κ3) is 1.64. The van der Waals surface area contributed by atoms with Crippen molar-refractivity contribution in [3.8, 4) is 0 Å². The molecule has 0 radical (unpaired) electrons. The van der Waals surface area contributed by atoms with E-state index in [1.54, 1.807) is 0 Å². The van der Waals surface area contributed by atoms with Gasteiger partial charge in [0.2, 0.25) is 5.91 Å². The van der Waals surface area contributed by atoms with Crippen LogP contribution in [0.2, 0.25) is 0 Å². The number of aliphatic hydroxyl groups is 2. The quantitative estimate of drug-likeness (QED) is 0.431. The molecule has 0 saturated heterocycles. The van der Waals surface area contributed by atoms with E-state index in [1.807, 2.05) is 0 Å². The topological polar surface area (TPSA) is 66.5 Å². The van der Waals surface area contributed by atoms with Crippen LogP contribution >= 0.6 is 0 Å². The molecule has 0 bridgehead atoms. The van der Waals surface area contributed by atoms with E-state index in [2.05, 4.69) is 0 Å². The molecule has 1 aliphatic rings.